The van der Waals surface area contributed by atoms with Crippen LogP contribution < -0.4 is 0 Å². The second-order valence-corrected chi connectivity index (χ2v) is 5.99. The molecule has 1 aromatic rings. The van der Waals surface area contributed by atoms with E-state index in [2.05, 4.69) is 22.0 Å². The number of hydrogen-bond acceptors (Lipinski definition) is 1. The monoisotopic (exact) mass is 314 g/mol. The molecule has 0 saturated carbocycles. The van der Waals surface area contributed by atoms with Crippen molar-refractivity contribution in [1.82, 2.24) is 0 Å². The van der Waals surface area contributed by atoms with Crippen LogP contribution in [0.3, 0.4) is 0 Å². The summed E-state index contributed by atoms with van der Waals surface area (Å²) >= 11 is 9.59. The van der Waals surface area contributed by atoms with Crippen molar-refractivity contribution < 1.29 is 5.11 Å². The molecule has 92 valence electrons. The van der Waals surface area contributed by atoms with Crippen LogP contribution in [0.5, 0.6) is 0 Å². The predicted molar refractivity (Wildman–Crippen MR) is 75.3 cm³/mol. The Hall–Kier alpha value is -0.310. The summed E-state index contributed by atoms with van der Waals surface area (Å²) in [7, 11) is 0. The normalized spacial score (nSPS) is 19.6. The van der Waals surface area contributed by atoms with Gasteiger partial charge >= 0.3 is 0 Å². The SMILES string of the molecule is CC(O)(C1=CCCCC1)c1ccc(Br)cc1Cl. The van der Waals surface area contributed by atoms with Crippen LogP contribution in [0.25, 0.3) is 0 Å². The van der Waals surface area contributed by atoms with Crippen LogP contribution in [0, 0.1) is 0 Å². The predicted octanol–water partition coefficient (Wildman–Crippen LogP) is 4.81. The van der Waals surface area contributed by atoms with Crippen LogP contribution in [0.4, 0.5) is 0 Å². The molecule has 17 heavy (non-hydrogen) atoms. The summed E-state index contributed by atoms with van der Waals surface area (Å²) in [6.07, 6.45) is 6.53. The zero-order valence-corrected chi connectivity index (χ0v) is 12.2. The Morgan fingerprint density at radius 2 is 2.12 bits per heavy atom. The first-order valence-electron chi connectivity index (χ1n) is 5.89. The van der Waals surface area contributed by atoms with Gasteiger partial charge in [0.1, 0.15) is 5.60 Å². The van der Waals surface area contributed by atoms with Crippen LogP contribution in [0.1, 0.15) is 38.2 Å². The van der Waals surface area contributed by atoms with Crippen molar-refractivity contribution in [3.05, 3.63) is 44.9 Å². The van der Waals surface area contributed by atoms with E-state index in [1.54, 1.807) is 0 Å². The topological polar surface area (TPSA) is 20.2 Å². The highest BCUT2D eigenvalue weighted by Crippen LogP contribution is 2.39. The highest BCUT2D eigenvalue weighted by molar-refractivity contribution is 9.10. The maximum absolute atomic E-state index is 10.7. The van der Waals surface area contributed by atoms with Crippen LogP contribution in [0.2, 0.25) is 5.02 Å². The smallest absolute Gasteiger partial charge is 0.109 e. The Labute approximate surface area is 116 Å². The minimum absolute atomic E-state index is 0.607. The summed E-state index contributed by atoms with van der Waals surface area (Å²) in [5.41, 5.74) is 0.932. The Morgan fingerprint density at radius 1 is 1.35 bits per heavy atom. The highest BCUT2D eigenvalue weighted by Gasteiger charge is 2.30. The molecule has 0 amide bonds. The van der Waals surface area contributed by atoms with E-state index in [0.29, 0.717) is 5.02 Å². The third kappa shape index (κ3) is 2.75. The Bertz CT molecular complexity index is 452. The van der Waals surface area contributed by atoms with Gasteiger partial charge in [0.05, 0.1) is 0 Å². The number of halogens is 2. The summed E-state index contributed by atoms with van der Waals surface area (Å²) in [4.78, 5) is 0. The first kappa shape index (κ1) is 13.1. The molecule has 0 saturated heterocycles. The molecule has 1 aromatic carbocycles. The van der Waals surface area contributed by atoms with Gasteiger partial charge in [0.25, 0.3) is 0 Å². The van der Waals surface area contributed by atoms with Gasteiger partial charge in [0.15, 0.2) is 0 Å². The van der Waals surface area contributed by atoms with Gasteiger partial charge in [0.2, 0.25) is 0 Å². The molecule has 0 radical (unpaired) electrons. The zero-order chi connectivity index (χ0) is 12.5. The van der Waals surface area contributed by atoms with Crippen LogP contribution in [-0.2, 0) is 5.60 Å². The zero-order valence-electron chi connectivity index (χ0n) is 9.84. The Morgan fingerprint density at radius 3 is 2.71 bits per heavy atom. The third-order valence-electron chi connectivity index (χ3n) is 3.37. The molecule has 0 spiro atoms. The van der Waals surface area contributed by atoms with Gasteiger partial charge in [-0.2, -0.15) is 0 Å². The lowest BCUT2D eigenvalue weighted by molar-refractivity contribution is 0.0916. The van der Waals surface area contributed by atoms with Crippen LogP contribution in [0.15, 0.2) is 34.3 Å². The molecular formula is C14H16BrClO. The molecule has 1 aliphatic rings. The fourth-order valence-corrected chi connectivity index (χ4v) is 3.19. The molecule has 1 aliphatic carbocycles. The molecule has 3 heteroatoms. The van der Waals surface area contributed by atoms with Crippen molar-refractivity contribution in [1.29, 1.82) is 0 Å². The number of hydrogen-bond donors (Lipinski definition) is 1. The van der Waals surface area contributed by atoms with E-state index in [9.17, 15) is 5.11 Å². The Balaban J connectivity index is 2.39. The van der Waals surface area contributed by atoms with Crippen LogP contribution in [-0.4, -0.2) is 5.11 Å². The molecule has 2 rings (SSSR count). The molecule has 1 N–H and O–H groups in total. The fraction of sp³-hybridized carbons (Fsp3) is 0.429. The van der Waals surface area contributed by atoms with Crippen molar-refractivity contribution in [2.75, 3.05) is 0 Å². The average molecular weight is 316 g/mol. The largest absolute Gasteiger partial charge is 0.381 e. The van der Waals surface area contributed by atoms with E-state index in [4.69, 9.17) is 11.6 Å². The first-order chi connectivity index (χ1) is 8.01. The lowest BCUT2D eigenvalue weighted by Crippen LogP contribution is -2.25. The maximum Gasteiger partial charge on any atom is 0.109 e. The van der Waals surface area contributed by atoms with Gasteiger partial charge in [-0.15, -0.1) is 0 Å². The second kappa shape index (κ2) is 5.13. The summed E-state index contributed by atoms with van der Waals surface area (Å²) in [6, 6.07) is 5.63. The fourth-order valence-electron chi connectivity index (χ4n) is 2.34. The van der Waals surface area contributed by atoms with Gasteiger partial charge in [0, 0.05) is 15.1 Å². The van der Waals surface area contributed by atoms with Crippen LogP contribution >= 0.6 is 27.5 Å². The quantitative estimate of drug-likeness (QED) is 0.776. The van der Waals surface area contributed by atoms with Gasteiger partial charge in [-0.05, 0) is 50.3 Å². The molecule has 0 fully saturated rings. The average Bonchev–Trinajstić information content (AvgIpc) is 2.29. The third-order valence-corrected chi connectivity index (χ3v) is 4.18. The number of benzene rings is 1. The second-order valence-electron chi connectivity index (χ2n) is 4.67. The van der Waals surface area contributed by atoms with E-state index in [1.807, 2.05) is 25.1 Å². The van der Waals surface area contributed by atoms with Crippen molar-refractivity contribution in [2.24, 2.45) is 0 Å². The summed E-state index contributed by atoms with van der Waals surface area (Å²) in [5, 5.41) is 11.3. The molecule has 0 bridgehead atoms. The minimum atomic E-state index is -0.946. The maximum atomic E-state index is 10.7. The van der Waals surface area contributed by atoms with E-state index < -0.39 is 5.60 Å². The standard InChI is InChI=1S/C14H16BrClO/c1-14(17,10-5-3-2-4-6-10)12-8-7-11(15)9-13(12)16/h5,7-9,17H,2-4,6H2,1H3. The van der Waals surface area contributed by atoms with Crippen molar-refractivity contribution in [3.63, 3.8) is 0 Å². The molecule has 1 unspecified atom stereocenters. The lowest BCUT2D eigenvalue weighted by Gasteiger charge is -2.30. The molecular weight excluding hydrogens is 300 g/mol. The molecule has 0 aromatic heterocycles. The van der Waals surface area contributed by atoms with Gasteiger partial charge < -0.3 is 5.11 Å². The molecule has 0 heterocycles. The number of rotatable bonds is 2. The highest BCUT2D eigenvalue weighted by atomic mass is 79.9. The number of allylic oxidation sites excluding steroid dienone is 1. The molecule has 1 nitrogen and oxygen atoms in total. The minimum Gasteiger partial charge on any atom is -0.381 e. The summed E-state index contributed by atoms with van der Waals surface area (Å²) in [6.45, 7) is 1.83. The summed E-state index contributed by atoms with van der Waals surface area (Å²) in [5.74, 6) is 0. The van der Waals surface area contributed by atoms with Crippen molar-refractivity contribution >= 4 is 27.5 Å². The lowest BCUT2D eigenvalue weighted by atomic mass is 9.82. The molecule has 0 aliphatic heterocycles. The van der Waals surface area contributed by atoms with E-state index in [0.717, 1.165) is 34.9 Å². The van der Waals surface area contributed by atoms with Crippen molar-refractivity contribution in [3.8, 4) is 0 Å². The van der Waals surface area contributed by atoms with E-state index >= 15 is 0 Å². The van der Waals surface area contributed by atoms with Gasteiger partial charge in [-0.1, -0.05) is 39.7 Å². The van der Waals surface area contributed by atoms with Gasteiger partial charge in [-0.25, -0.2) is 0 Å². The Kier molecular flexibility index (Phi) is 3.96. The molecule has 1 atom stereocenters. The van der Waals surface area contributed by atoms with Gasteiger partial charge in [-0.3, -0.25) is 0 Å². The van der Waals surface area contributed by atoms with E-state index in [-0.39, 0.29) is 0 Å². The number of aliphatic hydroxyl groups is 1. The summed E-state index contributed by atoms with van der Waals surface area (Å²) < 4.78 is 0.930. The van der Waals surface area contributed by atoms with E-state index in [1.165, 1.54) is 6.42 Å². The first-order valence-corrected chi connectivity index (χ1v) is 7.06. The van der Waals surface area contributed by atoms with Crippen molar-refractivity contribution in [2.45, 2.75) is 38.2 Å².